The largest absolute Gasteiger partial charge is 0.497 e. The molecule has 3 amide bonds. The molecule has 33 heavy (non-hydrogen) atoms. The van der Waals surface area contributed by atoms with Gasteiger partial charge in [0, 0.05) is 34.4 Å². The van der Waals surface area contributed by atoms with Gasteiger partial charge < -0.3 is 20.7 Å². The number of hydrogen-bond acceptors (Lipinski definition) is 5. The number of methoxy groups -OCH3 is 1. The van der Waals surface area contributed by atoms with E-state index in [9.17, 15) is 14.4 Å². The zero-order chi connectivity index (χ0) is 23.8. The van der Waals surface area contributed by atoms with Crippen LogP contribution in [0, 0.1) is 0 Å². The van der Waals surface area contributed by atoms with E-state index in [4.69, 9.17) is 4.74 Å². The van der Waals surface area contributed by atoms with Gasteiger partial charge >= 0.3 is 0 Å². The molecule has 1 atom stereocenters. The number of anilines is 3. The Hall–Kier alpha value is -3.78. The van der Waals surface area contributed by atoms with Crippen molar-refractivity contribution in [3.05, 3.63) is 78.4 Å². The summed E-state index contributed by atoms with van der Waals surface area (Å²) in [6.07, 6.45) is 0. The number of rotatable bonds is 8. The Balaban J connectivity index is 1.57. The highest BCUT2D eigenvalue weighted by Gasteiger charge is 2.15. The molecule has 3 aromatic carbocycles. The van der Waals surface area contributed by atoms with Crippen LogP contribution >= 0.6 is 11.8 Å². The van der Waals surface area contributed by atoms with Crippen LogP contribution in [0.3, 0.4) is 0 Å². The Morgan fingerprint density at radius 1 is 0.818 bits per heavy atom. The molecule has 0 heterocycles. The van der Waals surface area contributed by atoms with Gasteiger partial charge in [-0.2, -0.15) is 0 Å². The number of hydrogen-bond donors (Lipinski definition) is 3. The molecule has 3 rings (SSSR count). The Morgan fingerprint density at radius 3 is 2.06 bits per heavy atom. The number of nitrogens with one attached hydrogen (secondary N) is 3. The molecule has 0 spiro atoms. The van der Waals surface area contributed by atoms with E-state index in [-0.39, 0.29) is 23.0 Å². The fourth-order valence-corrected chi connectivity index (χ4v) is 3.86. The molecule has 3 N–H and O–H groups in total. The summed E-state index contributed by atoms with van der Waals surface area (Å²) >= 11 is 1.39. The molecule has 1 unspecified atom stereocenters. The number of ether oxygens (including phenoxy) is 1. The fourth-order valence-electron chi connectivity index (χ4n) is 2.93. The van der Waals surface area contributed by atoms with Gasteiger partial charge in [0.2, 0.25) is 11.8 Å². The third-order valence-electron chi connectivity index (χ3n) is 4.60. The van der Waals surface area contributed by atoms with Gasteiger partial charge in [-0.3, -0.25) is 14.4 Å². The minimum Gasteiger partial charge on any atom is -0.497 e. The quantitative estimate of drug-likeness (QED) is 0.408. The van der Waals surface area contributed by atoms with Crippen molar-refractivity contribution in [2.45, 2.75) is 24.0 Å². The Labute approximate surface area is 196 Å². The van der Waals surface area contributed by atoms with E-state index in [1.807, 2.05) is 25.1 Å². The molecule has 170 valence electrons. The predicted octanol–water partition coefficient (Wildman–Crippen LogP) is 5.03. The Kier molecular flexibility index (Phi) is 8.10. The molecule has 0 fully saturated rings. The van der Waals surface area contributed by atoms with Crippen LogP contribution in [0.4, 0.5) is 17.1 Å². The number of carbonyl (C=O) groups excluding carboxylic acids is 3. The fraction of sp³-hybridized carbons (Fsp3) is 0.160. The number of carbonyl (C=O) groups is 3. The monoisotopic (exact) mass is 463 g/mol. The van der Waals surface area contributed by atoms with Crippen molar-refractivity contribution in [3.63, 3.8) is 0 Å². The van der Waals surface area contributed by atoms with Crippen LogP contribution in [0.25, 0.3) is 0 Å². The first-order valence-corrected chi connectivity index (χ1v) is 11.1. The lowest BCUT2D eigenvalue weighted by Gasteiger charge is -2.13. The van der Waals surface area contributed by atoms with E-state index in [1.165, 1.54) is 18.7 Å². The maximum Gasteiger partial charge on any atom is 0.255 e. The van der Waals surface area contributed by atoms with Crippen molar-refractivity contribution >= 4 is 46.5 Å². The van der Waals surface area contributed by atoms with Crippen LogP contribution in [0.1, 0.15) is 24.2 Å². The van der Waals surface area contributed by atoms with Gasteiger partial charge in [-0.15, -0.1) is 11.8 Å². The third-order valence-corrected chi connectivity index (χ3v) is 5.69. The maximum atomic E-state index is 12.6. The summed E-state index contributed by atoms with van der Waals surface area (Å²) in [5.41, 5.74) is 2.46. The van der Waals surface area contributed by atoms with E-state index < -0.39 is 0 Å². The number of thioether (sulfide) groups is 1. The summed E-state index contributed by atoms with van der Waals surface area (Å²) in [5.74, 6) is 0.147. The summed E-state index contributed by atoms with van der Waals surface area (Å²) in [6.45, 7) is 3.25. The first-order chi connectivity index (χ1) is 15.8. The van der Waals surface area contributed by atoms with Crippen molar-refractivity contribution in [2.75, 3.05) is 23.1 Å². The van der Waals surface area contributed by atoms with Crippen LogP contribution in [0.5, 0.6) is 5.75 Å². The molecule has 0 saturated heterocycles. The molecule has 0 radical (unpaired) electrons. The zero-order valence-corrected chi connectivity index (χ0v) is 19.4. The number of amides is 3. The normalized spacial score (nSPS) is 11.2. The van der Waals surface area contributed by atoms with E-state index >= 15 is 0 Å². The second-order valence-corrected chi connectivity index (χ2v) is 8.63. The Bertz CT molecular complexity index is 1130. The van der Waals surface area contributed by atoms with Crippen LogP contribution < -0.4 is 20.7 Å². The predicted molar refractivity (Wildman–Crippen MR) is 132 cm³/mol. The zero-order valence-electron chi connectivity index (χ0n) is 18.5. The molecule has 0 bridgehead atoms. The van der Waals surface area contributed by atoms with Gasteiger partial charge in [0.15, 0.2) is 0 Å². The van der Waals surface area contributed by atoms with E-state index in [0.29, 0.717) is 28.4 Å². The Morgan fingerprint density at radius 2 is 1.45 bits per heavy atom. The van der Waals surface area contributed by atoms with Gasteiger partial charge in [-0.1, -0.05) is 6.07 Å². The topological polar surface area (TPSA) is 96.5 Å². The van der Waals surface area contributed by atoms with Gasteiger partial charge in [0.1, 0.15) is 5.75 Å². The highest BCUT2D eigenvalue weighted by Crippen LogP contribution is 2.27. The summed E-state index contributed by atoms with van der Waals surface area (Å²) < 4.78 is 5.11. The first-order valence-electron chi connectivity index (χ1n) is 10.2. The molecule has 0 aliphatic rings. The lowest BCUT2D eigenvalue weighted by Crippen LogP contribution is -2.22. The highest BCUT2D eigenvalue weighted by atomic mass is 32.2. The number of benzene rings is 3. The second-order valence-electron chi connectivity index (χ2n) is 7.22. The molecule has 0 saturated carbocycles. The molecule has 0 aliphatic carbocycles. The molecular weight excluding hydrogens is 438 g/mol. The first kappa shape index (κ1) is 23.9. The minimum atomic E-state index is -0.368. The van der Waals surface area contributed by atoms with Crippen LogP contribution in [-0.2, 0) is 9.59 Å². The summed E-state index contributed by atoms with van der Waals surface area (Å²) in [4.78, 5) is 37.1. The summed E-state index contributed by atoms with van der Waals surface area (Å²) in [6, 6.07) is 21.1. The van der Waals surface area contributed by atoms with Crippen LogP contribution in [-0.4, -0.2) is 30.1 Å². The van der Waals surface area contributed by atoms with Crippen molar-refractivity contribution < 1.29 is 19.1 Å². The molecule has 0 aromatic heterocycles. The molecule has 8 heteroatoms. The van der Waals surface area contributed by atoms with Crippen molar-refractivity contribution in [3.8, 4) is 5.75 Å². The van der Waals surface area contributed by atoms with Gasteiger partial charge in [-0.25, -0.2) is 0 Å². The van der Waals surface area contributed by atoms with E-state index in [1.54, 1.807) is 61.7 Å². The van der Waals surface area contributed by atoms with Crippen LogP contribution in [0.15, 0.2) is 77.7 Å². The van der Waals surface area contributed by atoms with Crippen LogP contribution in [0.2, 0.25) is 0 Å². The average Bonchev–Trinajstić information content (AvgIpc) is 2.80. The third kappa shape index (κ3) is 7.11. The van der Waals surface area contributed by atoms with Crippen molar-refractivity contribution in [1.29, 1.82) is 0 Å². The molecule has 0 aliphatic heterocycles. The smallest absolute Gasteiger partial charge is 0.255 e. The van der Waals surface area contributed by atoms with Crippen molar-refractivity contribution in [2.24, 2.45) is 0 Å². The summed E-state index contributed by atoms with van der Waals surface area (Å²) in [5, 5.41) is 8.06. The lowest BCUT2D eigenvalue weighted by molar-refractivity contribution is -0.115. The van der Waals surface area contributed by atoms with Crippen molar-refractivity contribution in [1.82, 2.24) is 0 Å². The van der Waals surface area contributed by atoms with Gasteiger partial charge in [0.25, 0.3) is 5.91 Å². The molecule has 3 aromatic rings. The van der Waals surface area contributed by atoms with Gasteiger partial charge in [-0.05, 0) is 73.7 Å². The average molecular weight is 464 g/mol. The maximum absolute atomic E-state index is 12.6. The second kappa shape index (κ2) is 11.2. The summed E-state index contributed by atoms with van der Waals surface area (Å²) in [7, 11) is 1.57. The highest BCUT2D eigenvalue weighted by molar-refractivity contribution is 8.00. The van der Waals surface area contributed by atoms with E-state index in [2.05, 4.69) is 16.0 Å². The lowest BCUT2D eigenvalue weighted by atomic mass is 10.2. The minimum absolute atomic E-state index is 0.153. The standard InChI is InChI=1S/C25H25N3O4S/c1-16(24(30)27-20-11-9-19(10-12-20)26-17(2)29)33-23-6-4-5-21(15-23)28-25(31)18-7-13-22(32-3)14-8-18/h4-16H,1-3H3,(H,26,29)(H,27,30)(H,28,31). The van der Waals surface area contributed by atoms with Gasteiger partial charge in [0.05, 0.1) is 12.4 Å². The molecular formula is C25H25N3O4S. The SMILES string of the molecule is COc1ccc(C(=O)Nc2cccc(SC(C)C(=O)Nc3ccc(NC(C)=O)cc3)c2)cc1. The molecule has 7 nitrogen and oxygen atoms in total. The van der Waals surface area contributed by atoms with E-state index in [0.717, 1.165) is 4.90 Å².